The summed E-state index contributed by atoms with van der Waals surface area (Å²) in [6, 6.07) is 20.1. The predicted octanol–water partition coefficient (Wildman–Crippen LogP) is 1.68. The van der Waals surface area contributed by atoms with Crippen molar-refractivity contribution >= 4 is 38.0 Å². The fraction of sp³-hybridized carbons (Fsp3) is 0. The van der Waals surface area contributed by atoms with Gasteiger partial charge in [0.25, 0.3) is 0 Å². The predicted molar refractivity (Wildman–Crippen MR) is 115 cm³/mol. The van der Waals surface area contributed by atoms with E-state index >= 15 is 0 Å². The summed E-state index contributed by atoms with van der Waals surface area (Å²) in [6.45, 7) is 0. The Kier molecular flexibility index (Phi) is 7.03. The molecule has 8 nitrogen and oxygen atoms in total. The molecule has 0 atom stereocenters. The molecule has 0 saturated heterocycles. The average molecular weight is 451 g/mol. The Hall–Kier alpha value is -3.13. The van der Waals surface area contributed by atoms with Gasteiger partial charge in [0.1, 0.15) is 21.5 Å². The van der Waals surface area contributed by atoms with E-state index in [4.69, 9.17) is 11.0 Å². The molecule has 4 rings (SSSR count). The van der Waals surface area contributed by atoms with Gasteiger partial charge in [-0.2, -0.15) is 5.26 Å². The minimum atomic E-state index is -4.73. The van der Waals surface area contributed by atoms with Crippen LogP contribution < -0.4 is 35.3 Å². The van der Waals surface area contributed by atoms with Gasteiger partial charge in [0, 0.05) is 16.3 Å². The third-order valence-electron chi connectivity index (χ3n) is 4.63. The number of fused-ring (bicyclic) bond motifs is 1. The number of rotatable bonds is 4. The zero-order valence-electron chi connectivity index (χ0n) is 16.9. The van der Waals surface area contributed by atoms with Crippen molar-refractivity contribution in [2.24, 2.45) is 10.2 Å². The minimum Gasteiger partial charge on any atom is -0.744 e. The topological polar surface area (TPSA) is 145 Å². The molecule has 0 spiro atoms. The summed E-state index contributed by atoms with van der Waals surface area (Å²) in [5, 5.41) is 17.6. The van der Waals surface area contributed by atoms with Crippen LogP contribution >= 0.6 is 0 Å². The molecule has 1 aromatic heterocycles. The van der Waals surface area contributed by atoms with Crippen LogP contribution in [-0.2, 0) is 10.1 Å². The summed E-state index contributed by atoms with van der Waals surface area (Å²) < 4.78 is 35.1. The van der Waals surface area contributed by atoms with Gasteiger partial charge in [-0.1, -0.05) is 36.4 Å². The number of hydrogen-bond acceptors (Lipinski definition) is 8. The van der Waals surface area contributed by atoms with E-state index in [1.54, 1.807) is 54.6 Å². The molecular formula is C22H14N5NaO3S. The Labute approximate surface area is 206 Å². The monoisotopic (exact) mass is 451 g/mol. The van der Waals surface area contributed by atoms with Crippen molar-refractivity contribution in [2.45, 2.75) is 4.90 Å². The SMILES string of the molecule is N#Cc1ccc(-c2ccc(N=Nc3cc(S(=O)(=O)[O-])c4ccccc4c3N)cn2)cc1.[Na+]. The Morgan fingerprint density at radius 2 is 1.66 bits per heavy atom. The number of nitrogens with two attached hydrogens (primary N) is 1. The molecule has 0 saturated carbocycles. The number of anilines is 1. The smallest absolute Gasteiger partial charge is 0.744 e. The first-order valence-electron chi connectivity index (χ1n) is 9.02. The van der Waals surface area contributed by atoms with Crippen LogP contribution in [0.25, 0.3) is 22.0 Å². The van der Waals surface area contributed by atoms with Gasteiger partial charge in [-0.15, -0.1) is 10.2 Å². The molecule has 1 heterocycles. The molecule has 0 radical (unpaired) electrons. The zero-order valence-corrected chi connectivity index (χ0v) is 19.7. The number of benzene rings is 3. The third kappa shape index (κ3) is 4.85. The minimum absolute atomic E-state index is 0. The molecule has 0 amide bonds. The zero-order chi connectivity index (χ0) is 22.0. The Morgan fingerprint density at radius 3 is 2.25 bits per heavy atom. The number of nitriles is 1. The molecule has 10 heteroatoms. The number of azo groups is 1. The van der Waals surface area contributed by atoms with Gasteiger partial charge >= 0.3 is 29.6 Å². The largest absolute Gasteiger partial charge is 1.00 e. The van der Waals surface area contributed by atoms with E-state index in [-0.39, 0.29) is 46.3 Å². The Balaban J connectivity index is 0.00000289. The van der Waals surface area contributed by atoms with E-state index < -0.39 is 15.0 Å². The first-order valence-corrected chi connectivity index (χ1v) is 10.4. The molecule has 0 aliphatic rings. The van der Waals surface area contributed by atoms with Crippen molar-refractivity contribution in [1.82, 2.24) is 4.98 Å². The van der Waals surface area contributed by atoms with Crippen LogP contribution in [0.15, 0.2) is 88.1 Å². The van der Waals surface area contributed by atoms with E-state index in [0.29, 0.717) is 22.3 Å². The van der Waals surface area contributed by atoms with Crippen molar-refractivity contribution in [3.05, 3.63) is 78.5 Å². The number of nitrogens with zero attached hydrogens (tertiary/aromatic N) is 4. The molecule has 2 N–H and O–H groups in total. The maximum Gasteiger partial charge on any atom is 1.00 e. The number of pyridine rings is 1. The van der Waals surface area contributed by atoms with E-state index in [9.17, 15) is 13.0 Å². The second-order valence-corrected chi connectivity index (χ2v) is 7.95. The summed E-state index contributed by atoms with van der Waals surface area (Å²) in [4.78, 5) is 3.93. The van der Waals surface area contributed by atoms with Crippen molar-refractivity contribution in [1.29, 1.82) is 5.26 Å². The second kappa shape index (κ2) is 9.56. The van der Waals surface area contributed by atoms with E-state index in [0.717, 1.165) is 11.6 Å². The molecule has 0 aliphatic carbocycles. The molecular weight excluding hydrogens is 437 g/mol. The van der Waals surface area contributed by atoms with Gasteiger partial charge in [-0.3, -0.25) is 4.98 Å². The van der Waals surface area contributed by atoms with Crippen molar-refractivity contribution < 1.29 is 42.5 Å². The molecule has 4 aromatic rings. The fourth-order valence-corrected chi connectivity index (χ4v) is 3.79. The number of hydrogen-bond donors (Lipinski definition) is 1. The summed E-state index contributed by atoms with van der Waals surface area (Å²) in [6.07, 6.45) is 1.50. The van der Waals surface area contributed by atoms with Crippen LogP contribution in [-0.4, -0.2) is 18.0 Å². The number of nitrogen functional groups attached to an aromatic ring is 1. The maximum atomic E-state index is 11.7. The molecule has 0 aliphatic heterocycles. The van der Waals surface area contributed by atoms with Gasteiger partial charge in [0.2, 0.25) is 0 Å². The van der Waals surface area contributed by atoms with E-state index in [2.05, 4.69) is 21.3 Å². The van der Waals surface area contributed by atoms with Gasteiger partial charge < -0.3 is 10.3 Å². The first kappa shape index (κ1) is 23.5. The third-order valence-corrected chi connectivity index (χ3v) is 5.50. The van der Waals surface area contributed by atoms with Crippen LogP contribution in [0.3, 0.4) is 0 Å². The maximum absolute atomic E-state index is 11.7. The van der Waals surface area contributed by atoms with Gasteiger partial charge in [0.05, 0.1) is 34.1 Å². The molecule has 152 valence electrons. The van der Waals surface area contributed by atoms with Gasteiger partial charge in [0.15, 0.2) is 0 Å². The fourth-order valence-electron chi connectivity index (χ4n) is 3.08. The summed E-state index contributed by atoms with van der Waals surface area (Å²) in [5.41, 5.74) is 8.92. The first-order chi connectivity index (χ1) is 14.9. The van der Waals surface area contributed by atoms with Gasteiger partial charge in [-0.25, -0.2) is 8.42 Å². The standard InChI is InChI=1S/C22H15N5O3S.Na/c23-12-14-5-7-15(8-6-14)19-10-9-16(13-25-19)26-27-20-11-21(31(28,29)30)17-3-1-2-4-18(17)22(20)24;/h1-11,13H,24H2,(H,28,29,30);/q;+1/p-1. The molecule has 3 aromatic carbocycles. The van der Waals surface area contributed by atoms with Crippen LogP contribution in [0.2, 0.25) is 0 Å². The molecule has 32 heavy (non-hydrogen) atoms. The quantitative estimate of drug-likeness (QED) is 0.216. The van der Waals surface area contributed by atoms with Crippen molar-refractivity contribution in [3.63, 3.8) is 0 Å². The summed E-state index contributed by atoms with van der Waals surface area (Å²) >= 11 is 0. The van der Waals surface area contributed by atoms with Gasteiger partial charge in [-0.05, 0) is 30.3 Å². The van der Waals surface area contributed by atoms with Crippen LogP contribution in [0.4, 0.5) is 17.1 Å². The molecule has 0 bridgehead atoms. The summed E-state index contributed by atoms with van der Waals surface area (Å²) in [7, 11) is -4.73. The van der Waals surface area contributed by atoms with Crippen molar-refractivity contribution in [3.8, 4) is 17.3 Å². The Morgan fingerprint density at radius 1 is 0.969 bits per heavy atom. The van der Waals surface area contributed by atoms with Crippen LogP contribution in [0.5, 0.6) is 0 Å². The summed E-state index contributed by atoms with van der Waals surface area (Å²) in [5.74, 6) is 0. The van der Waals surface area contributed by atoms with Crippen LogP contribution in [0.1, 0.15) is 5.56 Å². The Bertz CT molecular complexity index is 1460. The van der Waals surface area contributed by atoms with Crippen molar-refractivity contribution in [2.75, 3.05) is 5.73 Å². The number of aromatic nitrogens is 1. The van der Waals surface area contributed by atoms with E-state index in [1.807, 2.05) is 0 Å². The molecule has 0 fully saturated rings. The van der Waals surface area contributed by atoms with Crippen LogP contribution in [0, 0.1) is 11.3 Å². The molecule has 0 unspecified atom stereocenters. The van der Waals surface area contributed by atoms with E-state index in [1.165, 1.54) is 12.3 Å². The average Bonchev–Trinajstić information content (AvgIpc) is 2.78. The normalized spacial score (nSPS) is 11.2. The second-order valence-electron chi connectivity index (χ2n) is 6.60.